The molecule has 1 aromatic heterocycles. The Kier molecular flexibility index (Phi) is 4.62. The highest BCUT2D eigenvalue weighted by molar-refractivity contribution is 8.00. The van der Waals surface area contributed by atoms with Crippen molar-refractivity contribution in [2.45, 2.75) is 43.6 Å². The van der Waals surface area contributed by atoms with Crippen molar-refractivity contribution < 1.29 is 4.79 Å². The molecule has 1 N–H and O–H groups in total. The smallest absolute Gasteiger partial charge is 0.233 e. The van der Waals surface area contributed by atoms with Crippen molar-refractivity contribution in [3.63, 3.8) is 0 Å². The number of amides is 1. The lowest BCUT2D eigenvalue weighted by Crippen LogP contribution is -2.44. The van der Waals surface area contributed by atoms with E-state index in [1.807, 2.05) is 58.0 Å². The lowest BCUT2D eigenvalue weighted by atomic mass is 10.1. The Morgan fingerprint density at radius 2 is 1.95 bits per heavy atom. The molecule has 0 radical (unpaired) electrons. The second kappa shape index (κ2) is 6.26. The number of carbonyl (C=O) groups is 1. The molecular formula is C14H19N5OS. The number of carbonyl (C=O) groups excluding carboxylic acids is 1. The van der Waals surface area contributed by atoms with Gasteiger partial charge in [0.25, 0.3) is 0 Å². The van der Waals surface area contributed by atoms with E-state index in [-0.39, 0.29) is 16.7 Å². The Labute approximate surface area is 128 Å². The van der Waals surface area contributed by atoms with Gasteiger partial charge >= 0.3 is 0 Å². The summed E-state index contributed by atoms with van der Waals surface area (Å²) in [5.41, 5.74) is 0.616. The summed E-state index contributed by atoms with van der Waals surface area (Å²) in [5.74, 6) is -0.0323. The van der Waals surface area contributed by atoms with E-state index in [4.69, 9.17) is 0 Å². The summed E-state index contributed by atoms with van der Waals surface area (Å²) < 4.78 is 1.63. The Hall–Kier alpha value is -1.89. The predicted octanol–water partition coefficient (Wildman–Crippen LogP) is 2.06. The number of nitrogens with zero attached hydrogens (tertiary/aromatic N) is 4. The van der Waals surface area contributed by atoms with E-state index in [1.165, 1.54) is 11.8 Å². The molecule has 1 atom stereocenters. The van der Waals surface area contributed by atoms with Gasteiger partial charge in [-0.05, 0) is 50.3 Å². The third kappa shape index (κ3) is 4.29. The third-order valence-corrected chi connectivity index (χ3v) is 3.62. The third-order valence-electron chi connectivity index (χ3n) is 2.59. The minimum atomic E-state index is -0.280. The Bertz CT molecular complexity index is 605. The normalized spacial score (nSPS) is 13.0. The number of thioether (sulfide) groups is 1. The number of para-hydroxylation sites is 1. The second-order valence-electron chi connectivity index (χ2n) is 5.71. The van der Waals surface area contributed by atoms with E-state index in [0.29, 0.717) is 5.16 Å². The summed E-state index contributed by atoms with van der Waals surface area (Å²) in [6, 6.07) is 9.60. The number of nitrogens with one attached hydrogen (secondary N) is 1. The number of hydrogen-bond acceptors (Lipinski definition) is 5. The zero-order chi connectivity index (χ0) is 15.5. The van der Waals surface area contributed by atoms with Crippen LogP contribution in [0.3, 0.4) is 0 Å². The maximum Gasteiger partial charge on any atom is 0.233 e. The standard InChI is InChI=1S/C14H19N5OS/c1-10(12(20)15-14(2,3)4)21-13-16-17-18-19(13)11-8-6-5-7-9-11/h5-10H,1-4H3,(H,15,20)/t10-/m1/s1. The fourth-order valence-electron chi connectivity index (χ4n) is 1.67. The maximum absolute atomic E-state index is 12.1. The fraction of sp³-hybridized carbons (Fsp3) is 0.429. The van der Waals surface area contributed by atoms with Gasteiger partial charge in [0, 0.05) is 5.54 Å². The van der Waals surface area contributed by atoms with Crippen LogP contribution in [0.2, 0.25) is 0 Å². The van der Waals surface area contributed by atoms with Crippen LogP contribution in [0.1, 0.15) is 27.7 Å². The lowest BCUT2D eigenvalue weighted by molar-refractivity contribution is -0.121. The molecule has 0 fully saturated rings. The molecule has 0 saturated heterocycles. The Morgan fingerprint density at radius 1 is 1.29 bits per heavy atom. The Morgan fingerprint density at radius 3 is 2.57 bits per heavy atom. The molecule has 112 valence electrons. The van der Waals surface area contributed by atoms with Crippen molar-refractivity contribution >= 4 is 17.7 Å². The number of tetrazole rings is 1. The molecule has 2 rings (SSSR count). The van der Waals surface area contributed by atoms with Gasteiger partial charge < -0.3 is 5.32 Å². The van der Waals surface area contributed by atoms with Gasteiger partial charge in [0.2, 0.25) is 11.1 Å². The number of rotatable bonds is 4. The first-order valence-electron chi connectivity index (χ1n) is 6.69. The van der Waals surface area contributed by atoms with E-state index in [9.17, 15) is 4.79 Å². The molecule has 1 heterocycles. The van der Waals surface area contributed by atoms with Gasteiger partial charge in [-0.25, -0.2) is 0 Å². The summed E-state index contributed by atoms with van der Waals surface area (Å²) >= 11 is 1.34. The maximum atomic E-state index is 12.1. The van der Waals surface area contributed by atoms with E-state index in [0.717, 1.165) is 5.69 Å². The molecule has 0 spiro atoms. The number of hydrogen-bond donors (Lipinski definition) is 1. The first kappa shape index (κ1) is 15.5. The molecule has 1 amide bonds. The summed E-state index contributed by atoms with van der Waals surface area (Å²) in [5, 5.41) is 14.9. The van der Waals surface area contributed by atoms with Crippen LogP contribution >= 0.6 is 11.8 Å². The van der Waals surface area contributed by atoms with Crippen LogP contribution in [-0.4, -0.2) is 36.9 Å². The highest BCUT2D eigenvalue weighted by atomic mass is 32.2. The summed E-state index contributed by atoms with van der Waals surface area (Å²) in [7, 11) is 0. The van der Waals surface area contributed by atoms with Crippen molar-refractivity contribution in [2.24, 2.45) is 0 Å². The van der Waals surface area contributed by atoms with Crippen LogP contribution in [0.15, 0.2) is 35.5 Å². The van der Waals surface area contributed by atoms with Gasteiger partial charge in [-0.3, -0.25) is 4.79 Å². The monoisotopic (exact) mass is 305 g/mol. The SMILES string of the molecule is C[C@@H](Sc1nnnn1-c1ccccc1)C(=O)NC(C)(C)C. The van der Waals surface area contributed by atoms with E-state index in [2.05, 4.69) is 20.8 Å². The van der Waals surface area contributed by atoms with Crippen LogP contribution in [0.25, 0.3) is 5.69 Å². The molecule has 0 aliphatic heterocycles. The zero-order valence-electron chi connectivity index (χ0n) is 12.6. The van der Waals surface area contributed by atoms with Crippen molar-refractivity contribution in [2.75, 3.05) is 0 Å². The summed E-state index contributed by atoms with van der Waals surface area (Å²) in [4.78, 5) is 12.1. The van der Waals surface area contributed by atoms with Crippen molar-refractivity contribution in [3.8, 4) is 5.69 Å². The van der Waals surface area contributed by atoms with Crippen LogP contribution in [0.5, 0.6) is 0 Å². The zero-order valence-corrected chi connectivity index (χ0v) is 13.4. The molecule has 1 aromatic carbocycles. The topological polar surface area (TPSA) is 72.7 Å². The van der Waals surface area contributed by atoms with Crippen molar-refractivity contribution in [3.05, 3.63) is 30.3 Å². The van der Waals surface area contributed by atoms with E-state index in [1.54, 1.807) is 4.68 Å². The molecule has 7 heteroatoms. The first-order valence-corrected chi connectivity index (χ1v) is 7.57. The highest BCUT2D eigenvalue weighted by Gasteiger charge is 2.22. The molecular weight excluding hydrogens is 286 g/mol. The van der Waals surface area contributed by atoms with Crippen LogP contribution < -0.4 is 5.32 Å². The van der Waals surface area contributed by atoms with Crippen LogP contribution in [0, 0.1) is 0 Å². The van der Waals surface area contributed by atoms with E-state index < -0.39 is 0 Å². The van der Waals surface area contributed by atoms with Gasteiger partial charge in [0.15, 0.2) is 0 Å². The van der Waals surface area contributed by atoms with Gasteiger partial charge in [-0.2, -0.15) is 4.68 Å². The quantitative estimate of drug-likeness (QED) is 0.875. The van der Waals surface area contributed by atoms with Gasteiger partial charge in [-0.15, -0.1) is 5.10 Å². The minimum absolute atomic E-state index is 0.0323. The van der Waals surface area contributed by atoms with Gasteiger partial charge in [-0.1, -0.05) is 30.0 Å². The molecule has 6 nitrogen and oxygen atoms in total. The summed E-state index contributed by atoms with van der Waals surface area (Å²) in [6.07, 6.45) is 0. The largest absolute Gasteiger partial charge is 0.351 e. The molecule has 0 aliphatic carbocycles. The van der Waals surface area contributed by atoms with Crippen molar-refractivity contribution in [1.29, 1.82) is 0 Å². The molecule has 2 aromatic rings. The van der Waals surface area contributed by atoms with Crippen molar-refractivity contribution in [1.82, 2.24) is 25.5 Å². The van der Waals surface area contributed by atoms with Gasteiger partial charge in [0.1, 0.15) is 0 Å². The van der Waals surface area contributed by atoms with Crippen LogP contribution in [0.4, 0.5) is 0 Å². The summed E-state index contributed by atoms with van der Waals surface area (Å²) in [6.45, 7) is 7.71. The second-order valence-corrected chi connectivity index (χ2v) is 7.02. The molecule has 0 aliphatic rings. The van der Waals surface area contributed by atoms with E-state index >= 15 is 0 Å². The fourth-order valence-corrected chi connectivity index (χ4v) is 2.47. The minimum Gasteiger partial charge on any atom is -0.351 e. The molecule has 21 heavy (non-hydrogen) atoms. The average Bonchev–Trinajstić information content (AvgIpc) is 2.86. The lowest BCUT2D eigenvalue weighted by Gasteiger charge is -2.22. The molecule has 0 bridgehead atoms. The number of aromatic nitrogens is 4. The first-order chi connectivity index (χ1) is 9.87. The molecule has 0 unspecified atom stereocenters. The highest BCUT2D eigenvalue weighted by Crippen LogP contribution is 2.23. The van der Waals surface area contributed by atoms with Crippen LogP contribution in [-0.2, 0) is 4.79 Å². The average molecular weight is 305 g/mol. The van der Waals surface area contributed by atoms with Gasteiger partial charge in [0.05, 0.1) is 10.9 Å². The predicted molar refractivity (Wildman–Crippen MR) is 82.4 cm³/mol. The molecule has 0 saturated carbocycles. The Balaban J connectivity index is 2.11. The number of benzene rings is 1.